The van der Waals surface area contributed by atoms with Crippen molar-refractivity contribution in [2.75, 3.05) is 0 Å². The average molecular weight is 173 g/mol. The minimum Gasteiger partial charge on any atom is -0.308 e. The molecule has 1 aromatic rings. The van der Waals surface area contributed by atoms with Gasteiger partial charge in [-0.3, -0.25) is 0 Å². The second kappa shape index (κ2) is 3.53. The number of H-pyrrole nitrogens is 1. The van der Waals surface area contributed by atoms with Gasteiger partial charge in [0.2, 0.25) is 0 Å². The third-order valence-corrected chi connectivity index (χ3v) is 1.67. The van der Waals surface area contributed by atoms with Gasteiger partial charge in [0.25, 0.3) is 0 Å². The first kappa shape index (κ1) is 8.27. The Morgan fingerprint density at radius 1 is 1.73 bits per heavy atom. The third kappa shape index (κ3) is 2.05. The Kier molecular flexibility index (Phi) is 2.65. The molecule has 0 aliphatic heterocycles. The normalized spacial score (nSPS) is 10.0. The monoisotopic (exact) mass is 172 g/mol. The maximum Gasteiger partial charge on any atom is 0.345 e. The molecule has 0 aliphatic rings. The number of hydrogen-bond acceptors (Lipinski definition) is 2. The molecule has 11 heavy (non-hydrogen) atoms. The van der Waals surface area contributed by atoms with Crippen molar-refractivity contribution < 1.29 is 0 Å². The van der Waals surface area contributed by atoms with E-state index in [0.29, 0.717) is 5.02 Å². The number of aryl methyl sites for hydroxylation is 1. The van der Waals surface area contributed by atoms with Crippen molar-refractivity contribution in [3.8, 4) is 0 Å². The lowest BCUT2D eigenvalue weighted by Gasteiger charge is -1.98. The maximum absolute atomic E-state index is 10.7. The van der Waals surface area contributed by atoms with Crippen molar-refractivity contribution in [3.05, 3.63) is 27.4 Å². The number of nitrogens with zero attached hydrogens (tertiary/aromatic N) is 1. The molecule has 1 aromatic heterocycles. The summed E-state index contributed by atoms with van der Waals surface area (Å²) in [6.45, 7) is 2.02. The van der Waals surface area contributed by atoms with E-state index in [-0.39, 0.29) is 5.69 Å². The van der Waals surface area contributed by atoms with Gasteiger partial charge in [-0.1, -0.05) is 24.9 Å². The van der Waals surface area contributed by atoms with Crippen LogP contribution in [-0.4, -0.2) is 9.97 Å². The Labute approximate surface area is 69.4 Å². The molecule has 0 fully saturated rings. The number of halogens is 1. The Bertz CT molecular complexity index is 295. The Morgan fingerprint density at radius 2 is 2.45 bits per heavy atom. The van der Waals surface area contributed by atoms with E-state index in [2.05, 4.69) is 9.97 Å². The predicted octanol–water partition coefficient (Wildman–Crippen LogP) is 1.38. The summed E-state index contributed by atoms with van der Waals surface area (Å²) in [4.78, 5) is 16.7. The molecule has 1 N–H and O–H groups in total. The van der Waals surface area contributed by atoms with Crippen LogP contribution in [0.25, 0.3) is 0 Å². The Hall–Kier alpha value is -0.830. The van der Waals surface area contributed by atoms with Crippen molar-refractivity contribution in [1.82, 2.24) is 9.97 Å². The molecule has 0 saturated carbocycles. The minimum absolute atomic E-state index is 0.335. The second-order valence-electron chi connectivity index (χ2n) is 2.26. The van der Waals surface area contributed by atoms with Gasteiger partial charge in [0.1, 0.15) is 0 Å². The third-order valence-electron chi connectivity index (χ3n) is 1.34. The number of nitrogens with one attached hydrogen (secondary N) is 1. The van der Waals surface area contributed by atoms with E-state index < -0.39 is 0 Å². The summed E-state index contributed by atoms with van der Waals surface area (Å²) in [5.74, 6) is 0. The summed E-state index contributed by atoms with van der Waals surface area (Å²) in [5.41, 5.74) is 0.437. The Balaban J connectivity index is 3.02. The van der Waals surface area contributed by atoms with Gasteiger partial charge in [0.15, 0.2) is 0 Å². The summed E-state index contributed by atoms with van der Waals surface area (Å²) in [5, 5.41) is 0.534. The first-order valence-electron chi connectivity index (χ1n) is 3.47. The van der Waals surface area contributed by atoms with Gasteiger partial charge < -0.3 is 4.98 Å². The summed E-state index contributed by atoms with van der Waals surface area (Å²) in [7, 11) is 0. The van der Waals surface area contributed by atoms with Gasteiger partial charge in [0.05, 0.1) is 11.2 Å². The van der Waals surface area contributed by atoms with Gasteiger partial charge in [0, 0.05) is 5.69 Å². The van der Waals surface area contributed by atoms with E-state index in [9.17, 15) is 4.79 Å². The fourth-order valence-corrected chi connectivity index (χ4v) is 1.04. The molecule has 4 heteroatoms. The maximum atomic E-state index is 10.7. The molecule has 0 aliphatic carbocycles. The van der Waals surface area contributed by atoms with Crippen LogP contribution >= 0.6 is 11.6 Å². The predicted molar refractivity (Wildman–Crippen MR) is 43.9 cm³/mol. The number of rotatable bonds is 2. The largest absolute Gasteiger partial charge is 0.345 e. The SMILES string of the molecule is CCCc1[nH]c(=O)ncc1Cl. The van der Waals surface area contributed by atoms with Gasteiger partial charge in [-0.2, -0.15) is 0 Å². The molecule has 0 unspecified atom stereocenters. The van der Waals surface area contributed by atoms with Gasteiger partial charge in [-0.05, 0) is 6.42 Å². The van der Waals surface area contributed by atoms with Crippen LogP contribution in [0, 0.1) is 0 Å². The fourth-order valence-electron chi connectivity index (χ4n) is 0.846. The van der Waals surface area contributed by atoms with Gasteiger partial charge in [-0.25, -0.2) is 9.78 Å². The van der Waals surface area contributed by atoms with E-state index in [4.69, 9.17) is 11.6 Å². The van der Waals surface area contributed by atoms with Crippen molar-refractivity contribution in [3.63, 3.8) is 0 Å². The average Bonchev–Trinajstić information content (AvgIpc) is 1.98. The first-order chi connectivity index (χ1) is 5.24. The van der Waals surface area contributed by atoms with Crippen LogP contribution in [0.1, 0.15) is 19.0 Å². The molecule has 3 nitrogen and oxygen atoms in total. The molecule has 0 bridgehead atoms. The lowest BCUT2D eigenvalue weighted by molar-refractivity contribution is 0.858. The minimum atomic E-state index is -0.335. The molecular weight excluding hydrogens is 164 g/mol. The van der Waals surface area contributed by atoms with Crippen LogP contribution in [0.4, 0.5) is 0 Å². The number of aromatic amines is 1. The molecule has 0 amide bonds. The molecule has 1 rings (SSSR count). The van der Waals surface area contributed by atoms with Crippen LogP contribution in [0.15, 0.2) is 11.0 Å². The highest BCUT2D eigenvalue weighted by molar-refractivity contribution is 6.31. The van der Waals surface area contributed by atoms with Crippen molar-refractivity contribution in [2.45, 2.75) is 19.8 Å². The number of hydrogen-bond donors (Lipinski definition) is 1. The van der Waals surface area contributed by atoms with E-state index in [1.165, 1.54) is 6.20 Å². The quantitative estimate of drug-likeness (QED) is 0.733. The molecule has 60 valence electrons. The van der Waals surface area contributed by atoms with Crippen LogP contribution in [0.2, 0.25) is 5.02 Å². The van der Waals surface area contributed by atoms with Gasteiger partial charge in [-0.15, -0.1) is 0 Å². The summed E-state index contributed by atoms with van der Waals surface area (Å²) in [6, 6.07) is 0. The fraction of sp³-hybridized carbons (Fsp3) is 0.429. The van der Waals surface area contributed by atoms with E-state index >= 15 is 0 Å². The second-order valence-corrected chi connectivity index (χ2v) is 2.67. The zero-order chi connectivity index (χ0) is 8.27. The molecule has 0 spiro atoms. The lowest BCUT2D eigenvalue weighted by Crippen LogP contribution is -2.12. The van der Waals surface area contributed by atoms with E-state index in [1.807, 2.05) is 6.92 Å². The molecular formula is C7H9ClN2O. The van der Waals surface area contributed by atoms with Crippen LogP contribution in [-0.2, 0) is 6.42 Å². The van der Waals surface area contributed by atoms with Crippen LogP contribution in [0.3, 0.4) is 0 Å². The van der Waals surface area contributed by atoms with Crippen molar-refractivity contribution in [1.29, 1.82) is 0 Å². The highest BCUT2D eigenvalue weighted by atomic mass is 35.5. The lowest BCUT2D eigenvalue weighted by atomic mass is 10.2. The summed E-state index contributed by atoms with van der Waals surface area (Å²) < 4.78 is 0. The highest BCUT2D eigenvalue weighted by Crippen LogP contribution is 2.10. The molecule has 0 aromatic carbocycles. The van der Waals surface area contributed by atoms with E-state index in [1.54, 1.807) is 0 Å². The van der Waals surface area contributed by atoms with Gasteiger partial charge >= 0.3 is 5.69 Å². The summed E-state index contributed by atoms with van der Waals surface area (Å²) in [6.07, 6.45) is 3.13. The highest BCUT2D eigenvalue weighted by Gasteiger charge is 1.99. The first-order valence-corrected chi connectivity index (χ1v) is 3.85. The standard InChI is InChI=1S/C7H9ClN2O/c1-2-3-6-5(8)4-9-7(11)10-6/h4H,2-3H2,1H3,(H,9,10,11). The number of aromatic nitrogens is 2. The van der Waals surface area contributed by atoms with Crippen LogP contribution in [0.5, 0.6) is 0 Å². The molecule has 0 atom stereocenters. The van der Waals surface area contributed by atoms with Crippen molar-refractivity contribution >= 4 is 11.6 Å². The van der Waals surface area contributed by atoms with Crippen molar-refractivity contribution in [2.24, 2.45) is 0 Å². The van der Waals surface area contributed by atoms with E-state index in [0.717, 1.165) is 18.5 Å². The summed E-state index contributed by atoms with van der Waals surface area (Å²) >= 11 is 5.74. The molecule has 0 radical (unpaired) electrons. The topological polar surface area (TPSA) is 45.8 Å². The molecule has 0 saturated heterocycles. The van der Waals surface area contributed by atoms with Crippen LogP contribution < -0.4 is 5.69 Å². The zero-order valence-corrected chi connectivity index (χ0v) is 6.98. The zero-order valence-electron chi connectivity index (χ0n) is 6.22. The Morgan fingerprint density at radius 3 is 3.09 bits per heavy atom. The molecule has 1 heterocycles. The smallest absolute Gasteiger partial charge is 0.308 e.